The number of ether oxygens (including phenoxy) is 2. The first-order chi connectivity index (χ1) is 12.3. The van der Waals surface area contributed by atoms with Crippen LogP contribution in [-0.2, 0) is 4.79 Å². The Labute approximate surface area is 149 Å². The molecule has 0 saturated carbocycles. The van der Waals surface area contributed by atoms with E-state index in [0.29, 0.717) is 11.4 Å². The second-order valence-corrected chi connectivity index (χ2v) is 5.20. The predicted molar refractivity (Wildman–Crippen MR) is 94.9 cm³/mol. The molecule has 0 bridgehead atoms. The lowest BCUT2D eigenvalue weighted by Gasteiger charge is -2.15. The Morgan fingerprint density at radius 2 is 1.58 bits per heavy atom. The Morgan fingerprint density at radius 3 is 2.08 bits per heavy atom. The monoisotopic (exact) mass is 359 g/mol. The van der Waals surface area contributed by atoms with Crippen LogP contribution >= 0.6 is 0 Å². The molecule has 26 heavy (non-hydrogen) atoms. The molecule has 0 aliphatic heterocycles. The molecule has 2 N–H and O–H groups in total. The van der Waals surface area contributed by atoms with E-state index in [4.69, 9.17) is 9.47 Å². The van der Waals surface area contributed by atoms with Crippen LogP contribution < -0.4 is 20.1 Å². The van der Waals surface area contributed by atoms with Crippen LogP contribution in [0.5, 0.6) is 11.5 Å². The summed E-state index contributed by atoms with van der Waals surface area (Å²) in [6.45, 7) is 1.35. The number of hydrogen-bond acceptors (Lipinski definition) is 6. The number of nitrogens with one attached hydrogen (secondary N) is 2. The van der Waals surface area contributed by atoms with E-state index in [2.05, 4.69) is 10.6 Å². The summed E-state index contributed by atoms with van der Waals surface area (Å²) in [5.74, 6) is -0.247. The molecule has 9 heteroatoms. The van der Waals surface area contributed by atoms with E-state index < -0.39 is 10.8 Å². The summed E-state index contributed by atoms with van der Waals surface area (Å²) in [7, 11) is 2.82. The van der Waals surface area contributed by atoms with Crippen molar-refractivity contribution in [2.24, 2.45) is 0 Å². The largest absolute Gasteiger partial charge is 0.494 e. The number of rotatable bonds is 6. The normalized spacial score (nSPS) is 9.96. The first-order valence-electron chi connectivity index (χ1n) is 7.45. The van der Waals surface area contributed by atoms with Crippen molar-refractivity contribution in [2.45, 2.75) is 6.92 Å². The number of anilines is 2. The first-order valence-corrected chi connectivity index (χ1v) is 7.45. The fourth-order valence-corrected chi connectivity index (χ4v) is 2.24. The number of non-ortho nitro benzene ring substituents is 1. The number of carbonyl (C=O) groups is 2. The average molecular weight is 359 g/mol. The Balaban J connectivity index is 2.36. The number of methoxy groups -OCH3 is 2. The number of nitrogens with zero attached hydrogens (tertiary/aromatic N) is 1. The molecule has 0 fully saturated rings. The number of nitro benzene ring substituents is 1. The zero-order chi connectivity index (χ0) is 19.3. The van der Waals surface area contributed by atoms with Gasteiger partial charge >= 0.3 is 0 Å². The summed E-state index contributed by atoms with van der Waals surface area (Å²) >= 11 is 0. The summed E-state index contributed by atoms with van der Waals surface area (Å²) in [6, 6.07) is 8.33. The Kier molecular flexibility index (Phi) is 5.74. The highest BCUT2D eigenvalue weighted by Gasteiger charge is 2.17. The van der Waals surface area contributed by atoms with Crippen molar-refractivity contribution in [2.75, 3.05) is 24.9 Å². The molecule has 0 radical (unpaired) electrons. The highest BCUT2D eigenvalue weighted by molar-refractivity contribution is 6.06. The lowest BCUT2D eigenvalue weighted by molar-refractivity contribution is -0.384. The van der Waals surface area contributed by atoms with Gasteiger partial charge in [0.25, 0.3) is 11.6 Å². The summed E-state index contributed by atoms with van der Waals surface area (Å²) in [6.07, 6.45) is 0. The molecule has 0 heterocycles. The smallest absolute Gasteiger partial charge is 0.270 e. The first kappa shape index (κ1) is 18.7. The molecule has 0 unspecified atom stereocenters. The Bertz CT molecular complexity index is 866. The highest BCUT2D eigenvalue weighted by atomic mass is 16.6. The van der Waals surface area contributed by atoms with Crippen molar-refractivity contribution in [3.63, 3.8) is 0 Å². The standard InChI is InChI=1S/C17H17N3O6/c1-10(21)18-13-8-16(26-3)14(9-15(13)25-2)19-17(22)11-5-4-6-12(7-11)20(23)24/h4-9H,1-3H3,(H,18,21)(H,19,22). The molecule has 2 aromatic carbocycles. The van der Waals surface area contributed by atoms with Gasteiger partial charge in [0.05, 0.1) is 30.5 Å². The van der Waals surface area contributed by atoms with Gasteiger partial charge in [0, 0.05) is 36.8 Å². The van der Waals surface area contributed by atoms with Crippen LogP contribution in [-0.4, -0.2) is 31.0 Å². The van der Waals surface area contributed by atoms with Crippen LogP contribution in [0.1, 0.15) is 17.3 Å². The molecule has 2 aromatic rings. The van der Waals surface area contributed by atoms with Gasteiger partial charge in [-0.1, -0.05) is 6.07 Å². The molecule has 0 aromatic heterocycles. The minimum absolute atomic E-state index is 0.117. The second kappa shape index (κ2) is 7.97. The molecule has 2 amide bonds. The van der Waals surface area contributed by atoms with Crippen molar-refractivity contribution in [3.8, 4) is 11.5 Å². The van der Waals surface area contributed by atoms with Gasteiger partial charge in [-0.2, -0.15) is 0 Å². The van der Waals surface area contributed by atoms with Gasteiger partial charge in [-0.25, -0.2) is 0 Å². The third-order valence-corrected chi connectivity index (χ3v) is 3.40. The topological polar surface area (TPSA) is 120 Å². The van der Waals surface area contributed by atoms with Gasteiger partial charge in [0.2, 0.25) is 5.91 Å². The summed E-state index contributed by atoms with van der Waals surface area (Å²) in [5, 5.41) is 16.1. The fraction of sp³-hybridized carbons (Fsp3) is 0.176. The maximum Gasteiger partial charge on any atom is 0.270 e. The minimum Gasteiger partial charge on any atom is -0.494 e. The van der Waals surface area contributed by atoms with Gasteiger partial charge < -0.3 is 20.1 Å². The molecule has 0 aliphatic rings. The van der Waals surface area contributed by atoms with E-state index in [9.17, 15) is 19.7 Å². The molecule has 0 spiro atoms. The van der Waals surface area contributed by atoms with Crippen molar-refractivity contribution >= 4 is 28.9 Å². The number of amides is 2. The van der Waals surface area contributed by atoms with Crippen LogP contribution in [0, 0.1) is 10.1 Å². The van der Waals surface area contributed by atoms with Crippen LogP contribution in [0.15, 0.2) is 36.4 Å². The maximum absolute atomic E-state index is 12.4. The molecule has 9 nitrogen and oxygen atoms in total. The van der Waals surface area contributed by atoms with E-state index in [1.165, 1.54) is 57.5 Å². The second-order valence-electron chi connectivity index (χ2n) is 5.20. The lowest BCUT2D eigenvalue weighted by Crippen LogP contribution is -2.14. The molecule has 0 atom stereocenters. The quantitative estimate of drug-likeness (QED) is 0.604. The summed E-state index contributed by atoms with van der Waals surface area (Å²) in [5.41, 5.74) is 0.592. The maximum atomic E-state index is 12.4. The fourth-order valence-electron chi connectivity index (χ4n) is 2.24. The zero-order valence-electron chi connectivity index (χ0n) is 14.4. The average Bonchev–Trinajstić information content (AvgIpc) is 2.62. The third kappa shape index (κ3) is 4.26. The Hall–Kier alpha value is -3.62. The van der Waals surface area contributed by atoms with E-state index in [1.807, 2.05) is 0 Å². The lowest BCUT2D eigenvalue weighted by atomic mass is 10.1. The minimum atomic E-state index is -0.581. The highest BCUT2D eigenvalue weighted by Crippen LogP contribution is 2.36. The van der Waals surface area contributed by atoms with Crippen molar-refractivity contribution < 1.29 is 24.0 Å². The van der Waals surface area contributed by atoms with Gasteiger partial charge in [-0.05, 0) is 6.07 Å². The molecule has 136 valence electrons. The van der Waals surface area contributed by atoms with E-state index in [1.54, 1.807) is 0 Å². The number of carbonyl (C=O) groups excluding carboxylic acids is 2. The van der Waals surface area contributed by atoms with Crippen LogP contribution in [0.3, 0.4) is 0 Å². The third-order valence-electron chi connectivity index (χ3n) is 3.40. The van der Waals surface area contributed by atoms with Crippen molar-refractivity contribution in [1.29, 1.82) is 0 Å². The van der Waals surface area contributed by atoms with E-state index in [0.717, 1.165) is 0 Å². The Morgan fingerprint density at radius 1 is 1.00 bits per heavy atom. The number of benzene rings is 2. The van der Waals surface area contributed by atoms with E-state index >= 15 is 0 Å². The molecule has 0 aliphatic carbocycles. The van der Waals surface area contributed by atoms with Gasteiger partial charge in [-0.3, -0.25) is 19.7 Å². The van der Waals surface area contributed by atoms with E-state index in [-0.39, 0.29) is 28.6 Å². The molecule has 0 saturated heterocycles. The van der Waals surface area contributed by atoms with Crippen molar-refractivity contribution in [3.05, 3.63) is 52.1 Å². The predicted octanol–water partition coefficient (Wildman–Crippen LogP) is 2.82. The van der Waals surface area contributed by atoms with Gasteiger partial charge in [-0.15, -0.1) is 0 Å². The van der Waals surface area contributed by atoms with Gasteiger partial charge in [0.1, 0.15) is 11.5 Å². The SMILES string of the molecule is COc1cc(NC(=O)c2cccc([N+](=O)[O-])c2)c(OC)cc1NC(C)=O. The van der Waals surface area contributed by atoms with Crippen LogP contribution in [0.2, 0.25) is 0 Å². The number of nitro groups is 1. The van der Waals surface area contributed by atoms with Crippen molar-refractivity contribution in [1.82, 2.24) is 0 Å². The van der Waals surface area contributed by atoms with Gasteiger partial charge in [0.15, 0.2) is 0 Å². The molecular weight excluding hydrogens is 342 g/mol. The number of hydrogen-bond donors (Lipinski definition) is 2. The van der Waals surface area contributed by atoms with Crippen LogP contribution in [0.25, 0.3) is 0 Å². The zero-order valence-corrected chi connectivity index (χ0v) is 14.4. The molecular formula is C17H17N3O6. The molecule has 2 rings (SSSR count). The van der Waals surface area contributed by atoms with Crippen LogP contribution in [0.4, 0.5) is 17.1 Å². The summed E-state index contributed by atoms with van der Waals surface area (Å²) in [4.78, 5) is 34.0. The summed E-state index contributed by atoms with van der Waals surface area (Å²) < 4.78 is 10.4.